The first-order chi connectivity index (χ1) is 13.0. The third-order valence-electron chi connectivity index (χ3n) is 8.17. The normalized spacial score (nSPS) is 37.9. The molecule has 0 bridgehead atoms. The number of rotatable bonds is 0. The van der Waals surface area contributed by atoms with Crippen LogP contribution in [0.1, 0.15) is 44.9 Å². The molecule has 1 N–H and O–H groups in total. The van der Waals surface area contributed by atoms with Crippen LogP contribution in [0, 0.1) is 17.8 Å². The largest absolute Gasteiger partial charge is 0.388 e. The zero-order chi connectivity index (χ0) is 18.9. The van der Waals surface area contributed by atoms with Crippen LogP contribution in [0.3, 0.4) is 0 Å². The van der Waals surface area contributed by atoms with Gasteiger partial charge in [-0.15, -0.1) is 0 Å². The number of allylic oxidation sites excluding steroid dienone is 1. The van der Waals surface area contributed by atoms with Crippen LogP contribution in [0.15, 0.2) is 35.9 Å². The Balaban J connectivity index is 1.61. The van der Waals surface area contributed by atoms with Gasteiger partial charge < -0.3 is 9.67 Å². The van der Waals surface area contributed by atoms with Crippen molar-refractivity contribution in [3.8, 4) is 0 Å². The number of fused-ring (bicyclic) bond motifs is 6. The number of aryl methyl sites for hydroxylation is 1. The highest BCUT2D eigenvalue weighted by Crippen LogP contribution is 2.53. The zero-order valence-corrected chi connectivity index (χ0v) is 17.1. The molecule has 1 saturated carbocycles. The molecule has 1 saturated heterocycles. The fraction of sp³-hybridized carbons (Fsp3) is 0.583. The fourth-order valence-corrected chi connectivity index (χ4v) is 6.73. The second-order valence-corrected chi connectivity index (χ2v) is 9.37. The molecule has 2 aliphatic heterocycles. The van der Waals surface area contributed by atoms with Crippen molar-refractivity contribution in [1.82, 2.24) is 9.47 Å². The molecule has 1 aromatic heterocycles. The number of para-hydroxylation sites is 1. The molecule has 3 heterocycles. The number of hydrogen-bond donors (Lipinski definition) is 1. The third-order valence-corrected chi connectivity index (χ3v) is 8.17. The Morgan fingerprint density at radius 1 is 1.26 bits per heavy atom. The quantitative estimate of drug-likeness (QED) is 0.709. The van der Waals surface area contributed by atoms with Gasteiger partial charge in [0.1, 0.15) is 0 Å². The van der Waals surface area contributed by atoms with Gasteiger partial charge in [-0.25, -0.2) is 0 Å². The number of aliphatic hydroxyl groups excluding tert-OH is 1. The predicted molar refractivity (Wildman–Crippen MR) is 111 cm³/mol. The van der Waals surface area contributed by atoms with Crippen LogP contribution in [-0.4, -0.2) is 33.8 Å². The lowest BCUT2D eigenvalue weighted by atomic mass is 9.61. The van der Waals surface area contributed by atoms with E-state index in [1.54, 1.807) is 5.56 Å². The SMILES string of the molecule is C/C=C1\CC2CN3CCc4c(n(C)c5ccccc45)[C@]3(C)CC2[C@@H](C)C1O. The number of aromatic nitrogens is 1. The summed E-state index contributed by atoms with van der Waals surface area (Å²) in [6, 6.07) is 8.89. The summed E-state index contributed by atoms with van der Waals surface area (Å²) in [5.41, 5.74) is 5.77. The van der Waals surface area contributed by atoms with Crippen molar-refractivity contribution in [2.45, 2.75) is 51.7 Å². The molecule has 0 amide bonds. The molecule has 1 aliphatic carbocycles. The summed E-state index contributed by atoms with van der Waals surface area (Å²) >= 11 is 0. The van der Waals surface area contributed by atoms with E-state index in [-0.39, 0.29) is 11.6 Å². The van der Waals surface area contributed by atoms with Crippen molar-refractivity contribution in [2.24, 2.45) is 24.8 Å². The summed E-state index contributed by atoms with van der Waals surface area (Å²) < 4.78 is 2.46. The van der Waals surface area contributed by atoms with E-state index in [0.717, 1.165) is 32.4 Å². The Kier molecular flexibility index (Phi) is 3.86. The van der Waals surface area contributed by atoms with Crippen LogP contribution in [0.4, 0.5) is 0 Å². The van der Waals surface area contributed by atoms with E-state index >= 15 is 0 Å². The van der Waals surface area contributed by atoms with Gasteiger partial charge in [0.05, 0.1) is 11.6 Å². The first-order valence-electron chi connectivity index (χ1n) is 10.6. The van der Waals surface area contributed by atoms with Gasteiger partial charge >= 0.3 is 0 Å². The van der Waals surface area contributed by atoms with Crippen LogP contribution in [0.2, 0.25) is 0 Å². The summed E-state index contributed by atoms with van der Waals surface area (Å²) in [6.45, 7) is 9.14. The van der Waals surface area contributed by atoms with E-state index in [1.807, 2.05) is 0 Å². The number of benzene rings is 1. The van der Waals surface area contributed by atoms with E-state index in [1.165, 1.54) is 22.2 Å². The smallest absolute Gasteiger partial charge is 0.0778 e. The predicted octanol–water partition coefficient (Wildman–Crippen LogP) is 4.23. The lowest BCUT2D eigenvalue weighted by molar-refractivity contribution is -0.0665. The summed E-state index contributed by atoms with van der Waals surface area (Å²) in [5, 5.41) is 12.3. The minimum absolute atomic E-state index is 0.0733. The Morgan fingerprint density at radius 2 is 2.04 bits per heavy atom. The van der Waals surface area contributed by atoms with Crippen LogP contribution in [-0.2, 0) is 19.0 Å². The highest BCUT2D eigenvalue weighted by molar-refractivity contribution is 5.86. The lowest BCUT2D eigenvalue weighted by Crippen LogP contribution is -2.59. The molecule has 144 valence electrons. The van der Waals surface area contributed by atoms with Crippen LogP contribution < -0.4 is 0 Å². The molecule has 3 nitrogen and oxygen atoms in total. The molecular formula is C24H32N2O. The van der Waals surface area contributed by atoms with Gasteiger partial charge in [0.15, 0.2) is 0 Å². The van der Waals surface area contributed by atoms with Crippen molar-refractivity contribution in [2.75, 3.05) is 13.1 Å². The van der Waals surface area contributed by atoms with Crippen LogP contribution >= 0.6 is 0 Å². The van der Waals surface area contributed by atoms with Crippen LogP contribution in [0.5, 0.6) is 0 Å². The van der Waals surface area contributed by atoms with Gasteiger partial charge in [0.25, 0.3) is 0 Å². The van der Waals surface area contributed by atoms with Gasteiger partial charge in [-0.05, 0) is 68.1 Å². The summed E-state index contributed by atoms with van der Waals surface area (Å²) in [5.74, 6) is 1.61. The molecule has 5 atom stereocenters. The molecule has 2 aromatic rings. The van der Waals surface area contributed by atoms with Crippen LogP contribution in [0.25, 0.3) is 10.9 Å². The Morgan fingerprint density at radius 3 is 2.81 bits per heavy atom. The molecule has 3 unspecified atom stereocenters. The van der Waals surface area contributed by atoms with Crippen molar-refractivity contribution in [3.63, 3.8) is 0 Å². The van der Waals surface area contributed by atoms with Crippen molar-refractivity contribution in [3.05, 3.63) is 47.2 Å². The summed E-state index contributed by atoms with van der Waals surface area (Å²) in [6.07, 6.45) is 5.27. The minimum atomic E-state index is -0.262. The molecule has 27 heavy (non-hydrogen) atoms. The highest BCUT2D eigenvalue weighted by atomic mass is 16.3. The average Bonchev–Trinajstić information content (AvgIpc) is 2.97. The summed E-state index contributed by atoms with van der Waals surface area (Å²) in [4.78, 5) is 2.76. The molecule has 2 fully saturated rings. The Labute approximate surface area is 162 Å². The van der Waals surface area contributed by atoms with Gasteiger partial charge in [0.2, 0.25) is 0 Å². The van der Waals surface area contributed by atoms with Crippen molar-refractivity contribution >= 4 is 10.9 Å². The summed E-state index contributed by atoms with van der Waals surface area (Å²) in [7, 11) is 2.25. The molecule has 0 radical (unpaired) electrons. The third kappa shape index (κ3) is 2.28. The topological polar surface area (TPSA) is 28.4 Å². The van der Waals surface area contributed by atoms with Crippen molar-refractivity contribution < 1.29 is 5.11 Å². The number of piperidine rings is 1. The zero-order valence-electron chi connectivity index (χ0n) is 17.1. The standard InChI is InChI=1S/C24H32N2O/c1-5-16-12-17-14-26-11-10-19-18-8-6-7-9-21(18)25(4)23(19)24(26,3)13-20(17)15(2)22(16)27/h5-9,15,17,20,22,27H,10-14H2,1-4H3/b16-5+/t15-,17?,20?,22?,24+/m1/s1. The first kappa shape index (κ1) is 17.5. The van der Waals surface area contributed by atoms with Gasteiger partial charge in [0, 0.05) is 36.7 Å². The fourth-order valence-electron chi connectivity index (χ4n) is 6.73. The van der Waals surface area contributed by atoms with E-state index in [9.17, 15) is 5.11 Å². The molecule has 0 spiro atoms. The maximum Gasteiger partial charge on any atom is 0.0778 e. The minimum Gasteiger partial charge on any atom is -0.388 e. The highest BCUT2D eigenvalue weighted by Gasteiger charge is 2.52. The van der Waals surface area contributed by atoms with E-state index in [2.05, 4.69) is 67.6 Å². The van der Waals surface area contributed by atoms with E-state index in [0.29, 0.717) is 17.8 Å². The number of aliphatic hydroxyl groups is 1. The maximum absolute atomic E-state index is 10.8. The molecule has 3 aliphatic rings. The number of nitrogens with zero attached hydrogens (tertiary/aromatic N) is 2. The molecule has 5 rings (SSSR count). The van der Waals surface area contributed by atoms with Gasteiger partial charge in [-0.1, -0.05) is 31.2 Å². The maximum atomic E-state index is 10.8. The van der Waals surface area contributed by atoms with E-state index < -0.39 is 0 Å². The second kappa shape index (κ2) is 5.96. The molecule has 1 aromatic carbocycles. The Hall–Kier alpha value is -1.58. The van der Waals surface area contributed by atoms with Crippen molar-refractivity contribution in [1.29, 1.82) is 0 Å². The van der Waals surface area contributed by atoms with Gasteiger partial charge in [-0.2, -0.15) is 0 Å². The first-order valence-corrected chi connectivity index (χ1v) is 10.6. The molecular weight excluding hydrogens is 332 g/mol. The number of hydrogen-bond acceptors (Lipinski definition) is 2. The Bertz CT molecular complexity index is 926. The second-order valence-electron chi connectivity index (χ2n) is 9.37. The molecule has 3 heteroatoms. The monoisotopic (exact) mass is 364 g/mol. The lowest BCUT2D eigenvalue weighted by Gasteiger charge is -2.57. The van der Waals surface area contributed by atoms with Gasteiger partial charge in [-0.3, -0.25) is 4.90 Å². The van der Waals surface area contributed by atoms with E-state index in [4.69, 9.17) is 0 Å². The average molecular weight is 365 g/mol.